The Kier molecular flexibility index (Phi) is 6.67. The highest BCUT2D eigenvalue weighted by atomic mass is 35.5. The normalized spacial score (nSPS) is 10.7. The van der Waals surface area contributed by atoms with E-state index in [1.807, 2.05) is 0 Å². The zero-order valence-corrected chi connectivity index (χ0v) is 12.1. The van der Waals surface area contributed by atoms with Crippen LogP contribution in [0.1, 0.15) is 25.8 Å². The number of hydrogen-bond donors (Lipinski definition) is 3. The number of hydrogen-bond acceptors (Lipinski definition) is 3. The van der Waals surface area contributed by atoms with Gasteiger partial charge in [-0.2, -0.15) is 0 Å². The van der Waals surface area contributed by atoms with E-state index in [2.05, 4.69) is 24.5 Å². The molecule has 0 fully saturated rings. The molecular formula is C14H21ClN2O2. The van der Waals surface area contributed by atoms with Crippen molar-refractivity contribution >= 4 is 17.5 Å². The topological polar surface area (TPSA) is 61.4 Å². The second-order valence-corrected chi connectivity index (χ2v) is 5.32. The van der Waals surface area contributed by atoms with Gasteiger partial charge < -0.3 is 15.7 Å². The van der Waals surface area contributed by atoms with Gasteiger partial charge in [0.2, 0.25) is 5.91 Å². The van der Waals surface area contributed by atoms with Crippen molar-refractivity contribution in [3.63, 3.8) is 0 Å². The summed E-state index contributed by atoms with van der Waals surface area (Å²) in [5.41, 5.74) is 0.977. The first kappa shape index (κ1) is 15.8. The van der Waals surface area contributed by atoms with Crippen LogP contribution in [-0.2, 0) is 11.3 Å². The number of rotatable bonds is 7. The summed E-state index contributed by atoms with van der Waals surface area (Å²) in [6.07, 6.45) is 0.457. The first-order valence-corrected chi connectivity index (χ1v) is 6.81. The molecule has 1 amide bonds. The van der Waals surface area contributed by atoms with Crippen molar-refractivity contribution in [3.05, 3.63) is 28.8 Å². The van der Waals surface area contributed by atoms with Gasteiger partial charge in [-0.05, 0) is 23.6 Å². The SMILES string of the molecule is CC(C)CNC(=O)CCNCc1ccc(O)c(Cl)c1. The first-order chi connectivity index (χ1) is 8.99. The van der Waals surface area contributed by atoms with Gasteiger partial charge in [0.25, 0.3) is 0 Å². The molecule has 0 aromatic heterocycles. The Morgan fingerprint density at radius 3 is 2.79 bits per heavy atom. The second-order valence-electron chi connectivity index (χ2n) is 4.91. The highest BCUT2D eigenvalue weighted by molar-refractivity contribution is 6.32. The molecule has 0 saturated carbocycles. The van der Waals surface area contributed by atoms with Crippen molar-refractivity contribution in [2.45, 2.75) is 26.8 Å². The Morgan fingerprint density at radius 1 is 1.42 bits per heavy atom. The second kappa shape index (κ2) is 8.02. The maximum Gasteiger partial charge on any atom is 0.221 e. The maximum atomic E-state index is 11.5. The van der Waals surface area contributed by atoms with E-state index in [4.69, 9.17) is 11.6 Å². The molecular weight excluding hydrogens is 264 g/mol. The fraction of sp³-hybridized carbons (Fsp3) is 0.500. The van der Waals surface area contributed by atoms with Crippen LogP contribution in [0.3, 0.4) is 0 Å². The van der Waals surface area contributed by atoms with Crippen molar-refractivity contribution in [2.75, 3.05) is 13.1 Å². The van der Waals surface area contributed by atoms with Gasteiger partial charge in [-0.1, -0.05) is 31.5 Å². The van der Waals surface area contributed by atoms with E-state index in [9.17, 15) is 9.90 Å². The van der Waals surface area contributed by atoms with E-state index in [-0.39, 0.29) is 11.7 Å². The number of phenolic OH excluding ortho intramolecular Hbond substituents is 1. The molecule has 5 heteroatoms. The fourth-order valence-electron chi connectivity index (χ4n) is 1.50. The van der Waals surface area contributed by atoms with Crippen molar-refractivity contribution in [1.29, 1.82) is 0 Å². The summed E-state index contributed by atoms with van der Waals surface area (Å²) in [5.74, 6) is 0.611. The van der Waals surface area contributed by atoms with E-state index in [1.54, 1.807) is 18.2 Å². The minimum absolute atomic E-state index is 0.0601. The predicted molar refractivity (Wildman–Crippen MR) is 77.3 cm³/mol. The molecule has 0 spiro atoms. The van der Waals surface area contributed by atoms with E-state index >= 15 is 0 Å². The van der Waals surface area contributed by atoms with Crippen LogP contribution < -0.4 is 10.6 Å². The zero-order chi connectivity index (χ0) is 14.3. The third kappa shape index (κ3) is 6.45. The number of carbonyl (C=O) groups is 1. The largest absolute Gasteiger partial charge is 0.506 e. The molecule has 0 aliphatic rings. The number of carbonyl (C=O) groups excluding carboxylic acids is 1. The minimum Gasteiger partial charge on any atom is -0.506 e. The number of halogens is 1. The quantitative estimate of drug-likeness (QED) is 0.673. The molecule has 0 unspecified atom stereocenters. The van der Waals surface area contributed by atoms with Crippen LogP contribution in [0.2, 0.25) is 5.02 Å². The summed E-state index contributed by atoms with van der Waals surface area (Å²) < 4.78 is 0. The van der Waals surface area contributed by atoms with Crippen LogP contribution in [0.4, 0.5) is 0 Å². The molecule has 1 rings (SSSR count). The molecule has 0 atom stereocenters. The fourth-order valence-corrected chi connectivity index (χ4v) is 1.70. The molecule has 106 valence electrons. The maximum absolute atomic E-state index is 11.5. The molecule has 1 aromatic carbocycles. The molecule has 3 N–H and O–H groups in total. The highest BCUT2D eigenvalue weighted by Crippen LogP contribution is 2.23. The smallest absolute Gasteiger partial charge is 0.221 e. The lowest BCUT2D eigenvalue weighted by Gasteiger charge is -2.08. The summed E-state index contributed by atoms with van der Waals surface area (Å²) in [5, 5.41) is 15.7. The molecule has 19 heavy (non-hydrogen) atoms. The molecule has 0 saturated heterocycles. The first-order valence-electron chi connectivity index (χ1n) is 6.44. The number of nitrogens with one attached hydrogen (secondary N) is 2. The summed E-state index contributed by atoms with van der Waals surface area (Å²) in [4.78, 5) is 11.5. The van der Waals surface area contributed by atoms with Crippen molar-refractivity contribution < 1.29 is 9.90 Å². The average molecular weight is 285 g/mol. The molecule has 0 aliphatic heterocycles. The monoisotopic (exact) mass is 284 g/mol. The Hall–Kier alpha value is -1.26. The number of benzene rings is 1. The van der Waals surface area contributed by atoms with Gasteiger partial charge in [0, 0.05) is 26.1 Å². The van der Waals surface area contributed by atoms with Crippen molar-refractivity contribution in [3.8, 4) is 5.75 Å². The van der Waals surface area contributed by atoms with Gasteiger partial charge in [0.1, 0.15) is 5.75 Å². The molecule has 0 bridgehead atoms. The predicted octanol–water partition coefficient (Wildman–Crippen LogP) is 2.30. The Bertz CT molecular complexity index is 422. The van der Waals surface area contributed by atoms with Crippen molar-refractivity contribution in [1.82, 2.24) is 10.6 Å². The lowest BCUT2D eigenvalue weighted by atomic mass is 10.2. The Morgan fingerprint density at radius 2 is 2.16 bits per heavy atom. The standard InChI is InChI=1S/C14H21ClN2O2/c1-10(2)8-17-14(19)5-6-16-9-11-3-4-13(18)12(15)7-11/h3-4,7,10,16,18H,5-6,8-9H2,1-2H3,(H,17,19). The van der Waals surface area contributed by atoms with Gasteiger partial charge in [-0.3, -0.25) is 4.79 Å². The summed E-state index contributed by atoms with van der Waals surface area (Å²) in [7, 11) is 0. The van der Waals surface area contributed by atoms with Crippen LogP contribution in [0.25, 0.3) is 0 Å². The van der Waals surface area contributed by atoms with Crippen LogP contribution >= 0.6 is 11.6 Å². The zero-order valence-electron chi connectivity index (χ0n) is 11.4. The van der Waals surface area contributed by atoms with E-state index < -0.39 is 0 Å². The van der Waals surface area contributed by atoms with E-state index in [1.165, 1.54) is 0 Å². The van der Waals surface area contributed by atoms with Gasteiger partial charge in [0.15, 0.2) is 0 Å². The van der Waals surface area contributed by atoms with Crippen LogP contribution in [0.15, 0.2) is 18.2 Å². The third-order valence-corrected chi connectivity index (χ3v) is 2.88. The molecule has 1 aromatic rings. The lowest BCUT2D eigenvalue weighted by Crippen LogP contribution is -2.30. The number of aromatic hydroxyl groups is 1. The van der Waals surface area contributed by atoms with E-state index in [0.29, 0.717) is 37.0 Å². The molecule has 0 heterocycles. The van der Waals surface area contributed by atoms with Gasteiger partial charge >= 0.3 is 0 Å². The minimum atomic E-state index is 0.0601. The summed E-state index contributed by atoms with van der Waals surface area (Å²) in [6, 6.07) is 5.07. The highest BCUT2D eigenvalue weighted by Gasteiger charge is 2.03. The van der Waals surface area contributed by atoms with Gasteiger partial charge in [-0.25, -0.2) is 0 Å². The number of amides is 1. The van der Waals surface area contributed by atoms with Crippen LogP contribution in [-0.4, -0.2) is 24.1 Å². The van der Waals surface area contributed by atoms with Gasteiger partial charge in [-0.15, -0.1) is 0 Å². The van der Waals surface area contributed by atoms with E-state index in [0.717, 1.165) is 5.56 Å². The third-order valence-electron chi connectivity index (χ3n) is 2.58. The molecule has 0 radical (unpaired) electrons. The van der Waals surface area contributed by atoms with Crippen LogP contribution in [0, 0.1) is 5.92 Å². The number of phenols is 1. The summed E-state index contributed by atoms with van der Waals surface area (Å²) in [6.45, 7) is 6.08. The van der Waals surface area contributed by atoms with Crippen LogP contribution in [0.5, 0.6) is 5.75 Å². The van der Waals surface area contributed by atoms with Crippen molar-refractivity contribution in [2.24, 2.45) is 5.92 Å². The lowest BCUT2D eigenvalue weighted by molar-refractivity contribution is -0.121. The average Bonchev–Trinajstić information content (AvgIpc) is 2.36. The Labute approximate surface area is 119 Å². The molecule has 0 aliphatic carbocycles. The molecule has 4 nitrogen and oxygen atoms in total. The van der Waals surface area contributed by atoms with Gasteiger partial charge in [0.05, 0.1) is 5.02 Å². The Balaban J connectivity index is 2.20. The summed E-state index contributed by atoms with van der Waals surface area (Å²) >= 11 is 5.81.